The number of para-hydroxylation sites is 1. The maximum atomic E-state index is 13.4. The molecule has 1 aliphatic rings. The molecule has 6 nitrogen and oxygen atoms in total. The van der Waals surface area contributed by atoms with E-state index in [1.54, 1.807) is 16.8 Å². The van der Waals surface area contributed by atoms with Crippen LogP contribution in [0, 0.1) is 5.82 Å². The summed E-state index contributed by atoms with van der Waals surface area (Å²) >= 11 is 0. The number of carbonyl (C=O) groups excluding carboxylic acids is 1. The van der Waals surface area contributed by atoms with E-state index >= 15 is 0 Å². The molecule has 0 radical (unpaired) electrons. The minimum atomic E-state index is -0.470. The van der Waals surface area contributed by atoms with E-state index in [2.05, 4.69) is 10.4 Å². The monoisotopic (exact) mass is 394 g/mol. The maximum absolute atomic E-state index is 13.4. The summed E-state index contributed by atoms with van der Waals surface area (Å²) in [4.78, 5) is 12.5. The van der Waals surface area contributed by atoms with E-state index in [9.17, 15) is 9.18 Å². The number of hydrogen-bond donors (Lipinski definition) is 2. The van der Waals surface area contributed by atoms with Crippen molar-refractivity contribution < 1.29 is 13.9 Å². The molecule has 7 heteroatoms. The Kier molecular flexibility index (Phi) is 5.69. The molecule has 0 spiro atoms. The van der Waals surface area contributed by atoms with Crippen LogP contribution in [0.15, 0.2) is 60.8 Å². The smallest absolute Gasteiger partial charge is 0.249 e. The number of rotatable bonds is 6. The zero-order valence-corrected chi connectivity index (χ0v) is 15.9. The van der Waals surface area contributed by atoms with Gasteiger partial charge in [-0.15, -0.1) is 0 Å². The van der Waals surface area contributed by atoms with Gasteiger partial charge in [0.15, 0.2) is 0 Å². The van der Waals surface area contributed by atoms with Crippen molar-refractivity contribution in [2.45, 2.75) is 31.6 Å². The van der Waals surface area contributed by atoms with Gasteiger partial charge < -0.3 is 15.8 Å². The highest BCUT2D eigenvalue weighted by molar-refractivity contribution is 5.81. The summed E-state index contributed by atoms with van der Waals surface area (Å²) in [6.07, 6.45) is 2.82. The molecule has 0 unspecified atom stereocenters. The van der Waals surface area contributed by atoms with Gasteiger partial charge >= 0.3 is 0 Å². The third-order valence-electron chi connectivity index (χ3n) is 5.04. The quantitative estimate of drug-likeness (QED) is 0.674. The minimum absolute atomic E-state index is 0.0543. The topological polar surface area (TPSA) is 82.2 Å². The lowest BCUT2D eigenvalue weighted by molar-refractivity contribution is -0.132. The average molecular weight is 394 g/mol. The standard InChI is InChI=1S/C22H23FN4O2/c23-17-8-6-15(7-9-17)21-16(14-27(26-21)18-4-2-1-3-5-18)13-25-22(28)20-11-10-19(12-24)29-20/h1-9,14,19-20H,10-13,24H2,(H,25,28)/t19-,20+/m1/s1. The van der Waals surface area contributed by atoms with Crippen molar-refractivity contribution in [1.82, 2.24) is 15.1 Å². The highest BCUT2D eigenvalue weighted by Crippen LogP contribution is 2.25. The van der Waals surface area contributed by atoms with Crippen molar-refractivity contribution in [3.63, 3.8) is 0 Å². The Morgan fingerprint density at radius 3 is 2.62 bits per heavy atom. The lowest BCUT2D eigenvalue weighted by Crippen LogP contribution is -2.35. The number of amides is 1. The average Bonchev–Trinajstić information content (AvgIpc) is 3.41. The van der Waals surface area contributed by atoms with E-state index < -0.39 is 6.10 Å². The number of aromatic nitrogens is 2. The number of halogens is 1. The van der Waals surface area contributed by atoms with Crippen molar-refractivity contribution in [2.75, 3.05) is 6.54 Å². The summed E-state index contributed by atoms with van der Waals surface area (Å²) in [5.74, 6) is -0.461. The van der Waals surface area contributed by atoms with E-state index in [4.69, 9.17) is 10.5 Å². The summed E-state index contributed by atoms with van der Waals surface area (Å²) in [6.45, 7) is 0.716. The molecular weight excluding hydrogens is 371 g/mol. The first kappa shape index (κ1) is 19.3. The van der Waals surface area contributed by atoms with Crippen LogP contribution in [0.2, 0.25) is 0 Å². The van der Waals surface area contributed by atoms with Crippen molar-refractivity contribution in [3.05, 3.63) is 72.2 Å². The fourth-order valence-corrected chi connectivity index (χ4v) is 3.47. The summed E-state index contributed by atoms with van der Waals surface area (Å²) in [5, 5.41) is 7.62. The van der Waals surface area contributed by atoms with Crippen LogP contribution in [-0.2, 0) is 16.1 Å². The molecule has 150 valence electrons. The van der Waals surface area contributed by atoms with Gasteiger partial charge in [0, 0.05) is 30.4 Å². The van der Waals surface area contributed by atoms with Gasteiger partial charge in [-0.2, -0.15) is 5.10 Å². The normalized spacial score (nSPS) is 18.7. The molecule has 1 fully saturated rings. The van der Waals surface area contributed by atoms with Crippen molar-refractivity contribution >= 4 is 5.91 Å². The fraction of sp³-hybridized carbons (Fsp3) is 0.273. The van der Waals surface area contributed by atoms with Crippen molar-refractivity contribution in [3.8, 4) is 16.9 Å². The Bertz CT molecular complexity index is 972. The Balaban J connectivity index is 1.57. The van der Waals surface area contributed by atoms with E-state index in [1.807, 2.05) is 36.5 Å². The van der Waals surface area contributed by atoms with E-state index in [-0.39, 0.29) is 17.8 Å². The van der Waals surface area contributed by atoms with Crippen LogP contribution in [0.3, 0.4) is 0 Å². The molecule has 3 N–H and O–H groups in total. The third-order valence-corrected chi connectivity index (χ3v) is 5.04. The lowest BCUT2D eigenvalue weighted by atomic mass is 10.1. The summed E-state index contributed by atoms with van der Waals surface area (Å²) in [7, 11) is 0. The van der Waals surface area contributed by atoms with Crippen molar-refractivity contribution in [2.24, 2.45) is 5.73 Å². The molecule has 1 aromatic heterocycles. The Labute approximate surface area is 168 Å². The summed E-state index contributed by atoms with van der Waals surface area (Å²) in [5.41, 5.74) is 8.83. The molecule has 1 amide bonds. The first-order chi connectivity index (χ1) is 14.1. The molecule has 0 saturated carbocycles. The molecular formula is C22H23FN4O2. The Morgan fingerprint density at radius 1 is 1.17 bits per heavy atom. The van der Waals surface area contributed by atoms with E-state index in [1.165, 1.54) is 12.1 Å². The van der Waals surface area contributed by atoms with Gasteiger partial charge in [0.25, 0.3) is 0 Å². The predicted octanol–water partition coefficient (Wildman–Crippen LogP) is 2.80. The van der Waals surface area contributed by atoms with Crippen LogP contribution in [0.5, 0.6) is 0 Å². The molecule has 1 saturated heterocycles. The number of benzene rings is 2. The number of nitrogens with one attached hydrogen (secondary N) is 1. The van der Waals surface area contributed by atoms with Crippen LogP contribution in [0.1, 0.15) is 18.4 Å². The number of nitrogens with two attached hydrogens (primary N) is 1. The second kappa shape index (κ2) is 8.55. The van der Waals surface area contributed by atoms with Gasteiger partial charge in [0.1, 0.15) is 11.9 Å². The molecule has 3 aromatic rings. The number of hydrogen-bond acceptors (Lipinski definition) is 4. The van der Waals surface area contributed by atoms with Crippen LogP contribution in [0.25, 0.3) is 16.9 Å². The molecule has 1 aliphatic heterocycles. The third kappa shape index (κ3) is 4.36. The first-order valence-corrected chi connectivity index (χ1v) is 9.67. The van der Waals surface area contributed by atoms with Gasteiger partial charge in [-0.3, -0.25) is 4.79 Å². The lowest BCUT2D eigenvalue weighted by Gasteiger charge is -2.12. The van der Waals surface area contributed by atoms with Gasteiger partial charge in [-0.25, -0.2) is 9.07 Å². The highest BCUT2D eigenvalue weighted by Gasteiger charge is 2.29. The predicted molar refractivity (Wildman–Crippen MR) is 108 cm³/mol. The Hall–Kier alpha value is -3.03. The first-order valence-electron chi connectivity index (χ1n) is 9.67. The molecule has 0 aliphatic carbocycles. The van der Waals surface area contributed by atoms with Crippen LogP contribution >= 0.6 is 0 Å². The fourth-order valence-electron chi connectivity index (χ4n) is 3.47. The summed E-state index contributed by atoms with van der Waals surface area (Å²) < 4.78 is 20.8. The van der Waals surface area contributed by atoms with Gasteiger partial charge in [0.05, 0.1) is 17.5 Å². The summed E-state index contributed by atoms with van der Waals surface area (Å²) in [6, 6.07) is 15.9. The zero-order valence-electron chi connectivity index (χ0n) is 15.9. The number of ether oxygens (including phenoxy) is 1. The molecule has 29 heavy (non-hydrogen) atoms. The molecule has 2 heterocycles. The minimum Gasteiger partial charge on any atom is -0.364 e. The molecule has 4 rings (SSSR count). The van der Waals surface area contributed by atoms with Crippen LogP contribution in [-0.4, -0.2) is 34.4 Å². The Morgan fingerprint density at radius 2 is 1.93 bits per heavy atom. The second-order valence-corrected chi connectivity index (χ2v) is 7.07. The molecule has 2 atom stereocenters. The maximum Gasteiger partial charge on any atom is 0.249 e. The van der Waals surface area contributed by atoms with Gasteiger partial charge in [-0.05, 0) is 49.2 Å². The largest absolute Gasteiger partial charge is 0.364 e. The van der Waals surface area contributed by atoms with Crippen LogP contribution in [0.4, 0.5) is 4.39 Å². The van der Waals surface area contributed by atoms with Crippen molar-refractivity contribution in [1.29, 1.82) is 0 Å². The SMILES string of the molecule is NC[C@H]1CC[C@@H](C(=O)NCc2cn(-c3ccccc3)nc2-c2ccc(F)cc2)O1. The molecule has 2 aromatic carbocycles. The number of nitrogens with zero attached hydrogens (tertiary/aromatic N) is 2. The highest BCUT2D eigenvalue weighted by atomic mass is 19.1. The van der Waals surface area contributed by atoms with E-state index in [0.717, 1.165) is 23.2 Å². The van der Waals surface area contributed by atoms with Gasteiger partial charge in [0.2, 0.25) is 5.91 Å². The van der Waals surface area contributed by atoms with Crippen LogP contribution < -0.4 is 11.1 Å². The number of carbonyl (C=O) groups is 1. The molecule has 0 bridgehead atoms. The van der Waals surface area contributed by atoms with Gasteiger partial charge in [-0.1, -0.05) is 18.2 Å². The zero-order chi connectivity index (χ0) is 20.2. The second-order valence-electron chi connectivity index (χ2n) is 7.07. The van der Waals surface area contributed by atoms with E-state index in [0.29, 0.717) is 25.2 Å².